The minimum absolute atomic E-state index is 0.0913. The molecule has 12 heavy (non-hydrogen) atoms. The average Bonchev–Trinajstić information content (AvgIpc) is 2.29. The van der Waals surface area contributed by atoms with E-state index in [0.29, 0.717) is 6.61 Å². The fourth-order valence-electron chi connectivity index (χ4n) is 0.817. The van der Waals surface area contributed by atoms with Gasteiger partial charge in [0.1, 0.15) is 12.4 Å². The predicted molar refractivity (Wildman–Crippen MR) is 47.8 cm³/mol. The van der Waals surface area contributed by atoms with Crippen molar-refractivity contribution < 1.29 is 4.74 Å². The van der Waals surface area contributed by atoms with Crippen LogP contribution in [-0.2, 0) is 18.4 Å². The normalized spacial score (nSPS) is 12.0. The van der Waals surface area contributed by atoms with Crippen LogP contribution < -0.4 is 0 Å². The van der Waals surface area contributed by atoms with Crippen molar-refractivity contribution in [2.24, 2.45) is 7.05 Å². The van der Waals surface area contributed by atoms with Gasteiger partial charge in [-0.25, -0.2) is 4.98 Å². The highest BCUT2D eigenvalue weighted by atomic mass is 16.5. The molecule has 0 fully saturated rings. The first-order valence-corrected chi connectivity index (χ1v) is 4.09. The highest BCUT2D eigenvalue weighted by Gasteiger charge is 2.11. The molecule has 3 nitrogen and oxygen atoms in total. The molecule has 0 saturated heterocycles. The van der Waals surface area contributed by atoms with Gasteiger partial charge in [0, 0.05) is 19.4 Å². The molecule has 0 bridgehead atoms. The van der Waals surface area contributed by atoms with E-state index in [4.69, 9.17) is 4.74 Å². The molecule has 1 aromatic heterocycles. The Labute approximate surface area is 73.4 Å². The van der Waals surface area contributed by atoms with E-state index < -0.39 is 0 Å². The summed E-state index contributed by atoms with van der Waals surface area (Å²) in [5.41, 5.74) is -0.0913. The first-order chi connectivity index (χ1) is 5.49. The zero-order valence-corrected chi connectivity index (χ0v) is 8.16. The Morgan fingerprint density at radius 3 is 2.58 bits per heavy atom. The minimum atomic E-state index is -0.0913. The van der Waals surface area contributed by atoms with Crippen molar-refractivity contribution in [2.75, 3.05) is 0 Å². The van der Waals surface area contributed by atoms with Gasteiger partial charge in [0.2, 0.25) is 0 Å². The van der Waals surface area contributed by atoms with Crippen LogP contribution in [0.2, 0.25) is 0 Å². The second kappa shape index (κ2) is 3.27. The van der Waals surface area contributed by atoms with Crippen LogP contribution in [0.5, 0.6) is 0 Å². The van der Waals surface area contributed by atoms with E-state index in [9.17, 15) is 0 Å². The van der Waals surface area contributed by atoms with Gasteiger partial charge in [-0.1, -0.05) is 0 Å². The molecule has 0 N–H and O–H groups in total. The van der Waals surface area contributed by atoms with Crippen molar-refractivity contribution in [3.63, 3.8) is 0 Å². The summed E-state index contributed by atoms with van der Waals surface area (Å²) in [7, 11) is 1.97. The van der Waals surface area contributed by atoms with E-state index in [1.807, 2.05) is 38.6 Å². The van der Waals surface area contributed by atoms with Crippen LogP contribution in [0.25, 0.3) is 0 Å². The summed E-state index contributed by atoms with van der Waals surface area (Å²) < 4.78 is 7.54. The lowest BCUT2D eigenvalue weighted by Crippen LogP contribution is -2.19. The second-order valence-electron chi connectivity index (χ2n) is 3.86. The fourth-order valence-corrected chi connectivity index (χ4v) is 0.817. The first-order valence-electron chi connectivity index (χ1n) is 4.09. The Morgan fingerprint density at radius 1 is 1.50 bits per heavy atom. The molecule has 1 heterocycles. The van der Waals surface area contributed by atoms with Crippen molar-refractivity contribution in [3.05, 3.63) is 18.2 Å². The van der Waals surface area contributed by atoms with E-state index in [-0.39, 0.29) is 5.60 Å². The molecule has 0 saturated carbocycles. The Kier molecular flexibility index (Phi) is 2.52. The van der Waals surface area contributed by atoms with Gasteiger partial charge in [0.15, 0.2) is 0 Å². The van der Waals surface area contributed by atoms with Crippen molar-refractivity contribution in [1.82, 2.24) is 9.55 Å². The van der Waals surface area contributed by atoms with Gasteiger partial charge in [-0.05, 0) is 20.8 Å². The SMILES string of the molecule is Cn1ccnc1COC(C)(C)C. The number of aryl methyl sites for hydroxylation is 1. The summed E-state index contributed by atoms with van der Waals surface area (Å²) in [5.74, 6) is 0.963. The molecule has 0 aliphatic carbocycles. The van der Waals surface area contributed by atoms with Crippen molar-refractivity contribution >= 4 is 0 Å². The van der Waals surface area contributed by atoms with Crippen molar-refractivity contribution in [3.8, 4) is 0 Å². The van der Waals surface area contributed by atoms with Crippen LogP contribution in [0.3, 0.4) is 0 Å². The topological polar surface area (TPSA) is 27.1 Å². The third-order valence-corrected chi connectivity index (χ3v) is 1.56. The molecule has 0 amide bonds. The standard InChI is InChI=1S/C9H16N2O/c1-9(2,3)12-7-8-10-5-6-11(8)4/h5-6H,7H2,1-4H3. The first kappa shape index (κ1) is 9.26. The molecule has 0 aliphatic rings. The molecule has 0 aromatic carbocycles. The minimum Gasteiger partial charge on any atom is -0.368 e. The molecular formula is C9H16N2O. The zero-order valence-electron chi connectivity index (χ0n) is 8.16. The number of hydrogen-bond acceptors (Lipinski definition) is 2. The van der Waals surface area contributed by atoms with Gasteiger partial charge >= 0.3 is 0 Å². The van der Waals surface area contributed by atoms with Gasteiger partial charge in [0.25, 0.3) is 0 Å². The number of hydrogen-bond donors (Lipinski definition) is 0. The van der Waals surface area contributed by atoms with Crippen molar-refractivity contribution in [1.29, 1.82) is 0 Å². The number of rotatable bonds is 2. The molecular weight excluding hydrogens is 152 g/mol. The molecule has 1 aromatic rings. The predicted octanol–water partition coefficient (Wildman–Crippen LogP) is 1.74. The Bertz CT molecular complexity index is 247. The second-order valence-corrected chi connectivity index (χ2v) is 3.86. The summed E-state index contributed by atoms with van der Waals surface area (Å²) in [4.78, 5) is 4.16. The zero-order chi connectivity index (χ0) is 9.19. The van der Waals surface area contributed by atoms with Crippen LogP contribution in [0, 0.1) is 0 Å². The molecule has 3 heteroatoms. The average molecular weight is 168 g/mol. The molecule has 0 atom stereocenters. The van der Waals surface area contributed by atoms with Crippen LogP contribution in [0.4, 0.5) is 0 Å². The highest BCUT2D eigenvalue weighted by molar-refractivity contribution is 4.89. The van der Waals surface area contributed by atoms with Gasteiger partial charge in [-0.3, -0.25) is 0 Å². The van der Waals surface area contributed by atoms with E-state index in [1.165, 1.54) is 0 Å². The highest BCUT2D eigenvalue weighted by Crippen LogP contribution is 2.09. The van der Waals surface area contributed by atoms with E-state index in [2.05, 4.69) is 4.98 Å². The summed E-state index contributed by atoms with van der Waals surface area (Å²) in [6.45, 7) is 6.69. The van der Waals surface area contributed by atoms with E-state index in [0.717, 1.165) is 5.82 Å². The molecule has 0 radical (unpaired) electrons. The summed E-state index contributed by atoms with van der Waals surface area (Å²) in [5, 5.41) is 0. The third kappa shape index (κ3) is 2.66. The number of imidazole rings is 1. The summed E-state index contributed by atoms with van der Waals surface area (Å²) in [6.07, 6.45) is 3.70. The quantitative estimate of drug-likeness (QED) is 0.672. The molecule has 1 rings (SSSR count). The van der Waals surface area contributed by atoms with Crippen LogP contribution >= 0.6 is 0 Å². The largest absolute Gasteiger partial charge is 0.368 e. The molecule has 0 unspecified atom stereocenters. The van der Waals surface area contributed by atoms with Gasteiger partial charge in [-0.2, -0.15) is 0 Å². The van der Waals surface area contributed by atoms with Gasteiger partial charge in [0.05, 0.1) is 5.60 Å². The van der Waals surface area contributed by atoms with E-state index >= 15 is 0 Å². The molecule has 68 valence electrons. The Balaban J connectivity index is 2.49. The van der Waals surface area contributed by atoms with Gasteiger partial charge < -0.3 is 9.30 Å². The maximum atomic E-state index is 5.57. The number of ether oxygens (including phenoxy) is 1. The fraction of sp³-hybridized carbons (Fsp3) is 0.667. The van der Waals surface area contributed by atoms with Crippen molar-refractivity contribution in [2.45, 2.75) is 33.0 Å². The third-order valence-electron chi connectivity index (χ3n) is 1.56. The Morgan fingerprint density at radius 2 is 2.17 bits per heavy atom. The number of nitrogens with zero attached hydrogens (tertiary/aromatic N) is 2. The molecule has 0 spiro atoms. The maximum absolute atomic E-state index is 5.57. The summed E-state index contributed by atoms with van der Waals surface area (Å²) >= 11 is 0. The Hall–Kier alpha value is -0.830. The smallest absolute Gasteiger partial charge is 0.134 e. The van der Waals surface area contributed by atoms with E-state index in [1.54, 1.807) is 6.20 Å². The van der Waals surface area contributed by atoms with Gasteiger partial charge in [-0.15, -0.1) is 0 Å². The van der Waals surface area contributed by atoms with Crippen LogP contribution in [0.15, 0.2) is 12.4 Å². The van der Waals surface area contributed by atoms with Crippen LogP contribution in [0.1, 0.15) is 26.6 Å². The lowest BCUT2D eigenvalue weighted by molar-refractivity contribution is -0.0189. The van der Waals surface area contributed by atoms with Crippen LogP contribution in [-0.4, -0.2) is 15.2 Å². The number of aromatic nitrogens is 2. The lowest BCUT2D eigenvalue weighted by atomic mass is 10.2. The monoisotopic (exact) mass is 168 g/mol. The summed E-state index contributed by atoms with van der Waals surface area (Å²) in [6, 6.07) is 0. The lowest BCUT2D eigenvalue weighted by Gasteiger charge is -2.18. The maximum Gasteiger partial charge on any atom is 0.134 e. The molecule has 0 aliphatic heterocycles.